The van der Waals surface area contributed by atoms with E-state index in [-0.39, 0.29) is 12.5 Å². The Morgan fingerprint density at radius 2 is 2.05 bits per heavy atom. The van der Waals surface area contributed by atoms with Gasteiger partial charge in [0.25, 0.3) is 0 Å². The molecular weight excluding hydrogens is 290 g/mol. The van der Waals surface area contributed by atoms with Crippen molar-refractivity contribution in [2.75, 3.05) is 31.2 Å². The van der Waals surface area contributed by atoms with Gasteiger partial charge in [-0.1, -0.05) is 18.3 Å². The summed E-state index contributed by atoms with van der Waals surface area (Å²) < 4.78 is 0. The lowest BCUT2D eigenvalue weighted by Crippen LogP contribution is -2.35. The molecule has 0 heterocycles. The Hall–Kier alpha value is -1.27. The minimum absolute atomic E-state index is 0.0680. The summed E-state index contributed by atoms with van der Waals surface area (Å²) in [6.45, 7) is 5.61. The molecule has 110 valence electrons. The van der Waals surface area contributed by atoms with Crippen LogP contribution in [0.1, 0.15) is 19.4 Å². The zero-order valence-electron chi connectivity index (χ0n) is 12.1. The number of nitrogens with two attached hydrogens (primary N) is 1. The largest absolute Gasteiger partial charge is 0.389 e. The molecule has 0 aliphatic rings. The van der Waals surface area contributed by atoms with E-state index in [1.165, 1.54) is 0 Å². The first kappa shape index (κ1) is 16.8. The van der Waals surface area contributed by atoms with Crippen molar-refractivity contribution >= 4 is 40.6 Å². The fourth-order valence-electron chi connectivity index (χ4n) is 1.96. The average molecular weight is 311 g/mol. The van der Waals surface area contributed by atoms with E-state index in [4.69, 9.17) is 18.0 Å². The molecule has 6 heteroatoms. The Balaban J connectivity index is 2.88. The van der Waals surface area contributed by atoms with Crippen LogP contribution in [0, 0.1) is 0 Å². The number of likely N-dealkylation sites (N-methyl/N-ethyl adjacent to an activating group) is 1. The lowest BCUT2D eigenvalue weighted by atomic mass is 10.1. The van der Waals surface area contributed by atoms with E-state index in [2.05, 4.69) is 5.32 Å². The van der Waals surface area contributed by atoms with Gasteiger partial charge in [-0.2, -0.15) is 0 Å². The molecule has 0 saturated carbocycles. The van der Waals surface area contributed by atoms with Crippen molar-refractivity contribution in [1.29, 1.82) is 0 Å². The number of thioether (sulfide) groups is 1. The molecule has 1 amide bonds. The Morgan fingerprint density at radius 3 is 2.55 bits per heavy atom. The lowest BCUT2D eigenvalue weighted by Gasteiger charge is -2.20. The van der Waals surface area contributed by atoms with Crippen LogP contribution in [0.25, 0.3) is 0 Å². The van der Waals surface area contributed by atoms with Gasteiger partial charge in [0.2, 0.25) is 5.91 Å². The predicted octanol–water partition coefficient (Wildman–Crippen LogP) is 2.32. The highest BCUT2D eigenvalue weighted by atomic mass is 32.2. The molecule has 0 aliphatic heterocycles. The number of thiocarbonyl (C=S) groups is 1. The highest BCUT2D eigenvalue weighted by Gasteiger charge is 2.13. The van der Waals surface area contributed by atoms with Gasteiger partial charge in [-0.3, -0.25) is 4.79 Å². The van der Waals surface area contributed by atoms with Gasteiger partial charge in [0.15, 0.2) is 0 Å². The molecule has 3 N–H and O–H groups in total. The number of nitrogens with zero attached hydrogens (tertiary/aromatic N) is 1. The number of hydrogen-bond acceptors (Lipinski definition) is 4. The van der Waals surface area contributed by atoms with Crippen LogP contribution in [0.5, 0.6) is 0 Å². The van der Waals surface area contributed by atoms with Crippen LogP contribution in [0.15, 0.2) is 23.1 Å². The van der Waals surface area contributed by atoms with Gasteiger partial charge in [0, 0.05) is 29.2 Å². The maximum atomic E-state index is 12.0. The number of nitrogens with one attached hydrogen (secondary N) is 1. The van der Waals surface area contributed by atoms with Crippen molar-refractivity contribution in [2.45, 2.75) is 18.7 Å². The summed E-state index contributed by atoms with van der Waals surface area (Å²) in [6, 6.07) is 5.79. The van der Waals surface area contributed by atoms with Gasteiger partial charge < -0.3 is 16.0 Å². The third kappa shape index (κ3) is 4.11. The van der Waals surface area contributed by atoms with E-state index < -0.39 is 0 Å². The Morgan fingerprint density at radius 1 is 1.40 bits per heavy atom. The van der Waals surface area contributed by atoms with E-state index in [0.717, 1.165) is 16.1 Å². The molecule has 1 rings (SSSR count). The summed E-state index contributed by atoms with van der Waals surface area (Å²) >= 11 is 6.69. The molecule has 1 aromatic rings. The third-order valence-corrected chi connectivity index (χ3v) is 4.02. The van der Waals surface area contributed by atoms with E-state index >= 15 is 0 Å². The monoisotopic (exact) mass is 311 g/mol. The fourth-order valence-corrected chi connectivity index (χ4v) is 2.88. The lowest BCUT2D eigenvalue weighted by molar-refractivity contribution is -0.128. The van der Waals surface area contributed by atoms with Crippen LogP contribution < -0.4 is 11.1 Å². The van der Waals surface area contributed by atoms with Gasteiger partial charge >= 0.3 is 0 Å². The molecule has 1 aromatic carbocycles. The molecule has 0 saturated heterocycles. The first-order valence-electron chi connectivity index (χ1n) is 6.53. The summed E-state index contributed by atoms with van der Waals surface area (Å²) in [5.74, 6) is 0.0680. The highest BCUT2D eigenvalue weighted by molar-refractivity contribution is 7.98. The molecule has 0 unspecified atom stereocenters. The summed E-state index contributed by atoms with van der Waals surface area (Å²) in [6.07, 6.45) is 1.97. The van der Waals surface area contributed by atoms with Gasteiger partial charge in [-0.25, -0.2) is 0 Å². The van der Waals surface area contributed by atoms with Crippen LogP contribution >= 0.6 is 24.0 Å². The maximum Gasteiger partial charge on any atom is 0.241 e. The average Bonchev–Trinajstić information content (AvgIpc) is 2.45. The van der Waals surface area contributed by atoms with Gasteiger partial charge in [0.1, 0.15) is 4.99 Å². The molecule has 0 spiro atoms. The molecule has 0 atom stereocenters. The zero-order valence-corrected chi connectivity index (χ0v) is 13.7. The van der Waals surface area contributed by atoms with Gasteiger partial charge in [-0.05, 0) is 32.2 Å². The smallest absolute Gasteiger partial charge is 0.241 e. The number of anilines is 1. The van der Waals surface area contributed by atoms with E-state index in [1.807, 2.05) is 38.3 Å². The molecule has 0 bridgehead atoms. The van der Waals surface area contributed by atoms with Gasteiger partial charge in [-0.15, -0.1) is 11.8 Å². The van der Waals surface area contributed by atoms with Crippen LogP contribution in [0.3, 0.4) is 0 Å². The maximum absolute atomic E-state index is 12.0. The molecule has 4 nitrogen and oxygen atoms in total. The summed E-state index contributed by atoms with van der Waals surface area (Å²) in [4.78, 5) is 15.1. The van der Waals surface area contributed by atoms with Crippen LogP contribution in [0.2, 0.25) is 0 Å². The van der Waals surface area contributed by atoms with Crippen molar-refractivity contribution in [3.8, 4) is 0 Å². The number of benzene rings is 1. The number of amides is 1. The first-order chi connectivity index (χ1) is 9.54. The van der Waals surface area contributed by atoms with Crippen molar-refractivity contribution in [3.63, 3.8) is 0 Å². The standard InChI is InChI=1S/C14H21N3OS2/c1-4-17(5-2)12(18)9-16-10-7-6-8-11(20-3)13(10)14(15)19/h6-8,16H,4-5,9H2,1-3H3,(H2,15,19). The SMILES string of the molecule is CCN(CC)C(=O)CNc1cccc(SC)c1C(N)=S. The van der Waals surface area contributed by atoms with Crippen molar-refractivity contribution in [2.24, 2.45) is 5.73 Å². The van der Waals surface area contributed by atoms with E-state index in [9.17, 15) is 4.79 Å². The number of rotatable bonds is 7. The zero-order chi connectivity index (χ0) is 15.1. The number of hydrogen-bond donors (Lipinski definition) is 2. The molecule has 0 fully saturated rings. The summed E-state index contributed by atoms with van der Waals surface area (Å²) in [7, 11) is 0. The molecule has 0 radical (unpaired) electrons. The second-order valence-electron chi connectivity index (χ2n) is 4.17. The van der Waals surface area contributed by atoms with Gasteiger partial charge in [0.05, 0.1) is 6.54 Å². The Kier molecular flexibility index (Phi) is 6.81. The number of carbonyl (C=O) groups is 1. The van der Waals surface area contributed by atoms with Crippen LogP contribution in [-0.4, -0.2) is 41.7 Å². The topological polar surface area (TPSA) is 58.4 Å². The van der Waals surface area contributed by atoms with Crippen LogP contribution in [-0.2, 0) is 4.79 Å². The first-order valence-corrected chi connectivity index (χ1v) is 8.16. The van der Waals surface area contributed by atoms with Crippen LogP contribution in [0.4, 0.5) is 5.69 Å². The summed E-state index contributed by atoms with van der Waals surface area (Å²) in [5, 5.41) is 3.15. The van der Waals surface area contributed by atoms with Crippen molar-refractivity contribution in [3.05, 3.63) is 23.8 Å². The van der Waals surface area contributed by atoms with Crippen molar-refractivity contribution in [1.82, 2.24) is 4.90 Å². The predicted molar refractivity (Wildman–Crippen MR) is 90.5 cm³/mol. The second kappa shape index (κ2) is 8.11. The minimum atomic E-state index is 0.0680. The Labute approximate surface area is 130 Å². The molecule has 0 aromatic heterocycles. The third-order valence-electron chi connectivity index (χ3n) is 3.04. The van der Waals surface area contributed by atoms with E-state index in [0.29, 0.717) is 18.1 Å². The molecule has 20 heavy (non-hydrogen) atoms. The highest BCUT2D eigenvalue weighted by Crippen LogP contribution is 2.26. The Bertz CT molecular complexity index is 487. The fraction of sp³-hybridized carbons (Fsp3) is 0.429. The quantitative estimate of drug-likeness (QED) is 0.598. The molecule has 0 aliphatic carbocycles. The van der Waals surface area contributed by atoms with E-state index in [1.54, 1.807) is 16.7 Å². The van der Waals surface area contributed by atoms with Crippen molar-refractivity contribution < 1.29 is 4.79 Å². The summed E-state index contributed by atoms with van der Waals surface area (Å²) in [5.41, 5.74) is 7.41. The number of carbonyl (C=O) groups excluding carboxylic acids is 1. The normalized spacial score (nSPS) is 10.2. The minimum Gasteiger partial charge on any atom is -0.389 e. The second-order valence-corrected chi connectivity index (χ2v) is 5.45. The molecular formula is C14H21N3OS2.